The van der Waals surface area contributed by atoms with Gasteiger partial charge in [-0.05, 0) is 57.1 Å². The first kappa shape index (κ1) is 24.5. The second kappa shape index (κ2) is 9.67. The van der Waals surface area contributed by atoms with Crippen LogP contribution in [0.15, 0.2) is 47.4 Å². The predicted octanol–water partition coefficient (Wildman–Crippen LogP) is 3.15. The van der Waals surface area contributed by atoms with E-state index in [1.807, 2.05) is 0 Å². The van der Waals surface area contributed by atoms with Gasteiger partial charge in [-0.2, -0.15) is 4.31 Å². The molecule has 2 aromatic carbocycles. The maximum absolute atomic E-state index is 14.0. The van der Waals surface area contributed by atoms with Crippen LogP contribution < -0.4 is 0 Å². The third-order valence-electron chi connectivity index (χ3n) is 7.09. The van der Waals surface area contributed by atoms with Crippen molar-refractivity contribution in [3.05, 3.63) is 65.2 Å². The van der Waals surface area contributed by atoms with Gasteiger partial charge in [0.1, 0.15) is 11.6 Å². The normalized spacial score (nSPS) is 22.3. The molecule has 0 radical (unpaired) electrons. The molecule has 2 saturated heterocycles. The third-order valence-corrected chi connectivity index (χ3v) is 8.99. The summed E-state index contributed by atoms with van der Waals surface area (Å²) in [6.45, 7) is 3.26. The van der Waals surface area contributed by atoms with Gasteiger partial charge in [-0.3, -0.25) is 4.79 Å². The van der Waals surface area contributed by atoms with Gasteiger partial charge in [-0.15, -0.1) is 0 Å². The molecule has 3 heterocycles. The molecule has 3 aliphatic heterocycles. The molecule has 5 rings (SSSR count). The molecule has 0 atom stereocenters. The first-order chi connectivity index (χ1) is 16.8. The molecule has 0 aliphatic carbocycles. The van der Waals surface area contributed by atoms with Crippen LogP contribution in [0.2, 0.25) is 0 Å². The maximum atomic E-state index is 14.0. The number of benzene rings is 2. The fraction of sp³-hybridized carbons (Fsp3) is 0.480. The molecule has 2 fully saturated rings. The number of nitrogens with zero attached hydrogens (tertiary/aromatic N) is 2. The molecular formula is C25H28F2N2O5S. The maximum Gasteiger partial charge on any atom is 0.243 e. The number of Topliss-reactive ketones (excluding diaryl/α,β-unsaturated/α-hetero) is 1. The van der Waals surface area contributed by atoms with E-state index in [0.717, 1.165) is 12.1 Å². The highest BCUT2D eigenvalue weighted by molar-refractivity contribution is 7.89. The molecule has 188 valence electrons. The average Bonchev–Trinajstić information content (AvgIpc) is 3.32. The minimum atomic E-state index is -3.66. The molecule has 1 spiro atoms. The lowest BCUT2D eigenvalue weighted by Gasteiger charge is -2.39. The zero-order valence-corrected chi connectivity index (χ0v) is 20.1. The number of sulfonamides is 1. The number of halogens is 2. The number of ether oxygens (including phenoxy) is 2. The molecule has 2 aromatic rings. The fourth-order valence-corrected chi connectivity index (χ4v) is 6.99. The number of piperidine rings is 1. The smallest absolute Gasteiger partial charge is 0.243 e. The zero-order chi connectivity index (χ0) is 24.6. The first-order valence-corrected chi connectivity index (χ1v) is 13.3. The minimum absolute atomic E-state index is 0.0642. The van der Waals surface area contributed by atoms with Gasteiger partial charge < -0.3 is 14.4 Å². The molecule has 0 bridgehead atoms. The van der Waals surface area contributed by atoms with Crippen LogP contribution in [0.5, 0.6) is 0 Å². The van der Waals surface area contributed by atoms with Crippen LogP contribution in [0, 0.1) is 17.6 Å². The number of hydrogen-bond donors (Lipinski definition) is 0. The second-order valence-electron chi connectivity index (χ2n) is 9.24. The van der Waals surface area contributed by atoms with Crippen LogP contribution in [-0.4, -0.2) is 69.3 Å². The van der Waals surface area contributed by atoms with Gasteiger partial charge in [-0.25, -0.2) is 17.2 Å². The summed E-state index contributed by atoms with van der Waals surface area (Å²) < 4.78 is 66.9. The Kier molecular flexibility index (Phi) is 6.75. The summed E-state index contributed by atoms with van der Waals surface area (Å²) in [5.41, 5.74) is 0.490. The number of rotatable bonds is 6. The molecule has 3 aliphatic rings. The quantitative estimate of drug-likeness (QED) is 0.561. The summed E-state index contributed by atoms with van der Waals surface area (Å²) in [5.74, 6) is -3.18. The van der Waals surface area contributed by atoms with E-state index in [0.29, 0.717) is 64.2 Å². The molecule has 0 aromatic heterocycles. The van der Waals surface area contributed by atoms with Crippen molar-refractivity contribution in [3.63, 3.8) is 0 Å². The van der Waals surface area contributed by atoms with Gasteiger partial charge in [-0.1, -0.05) is 18.2 Å². The Morgan fingerprint density at radius 3 is 2.46 bits per heavy atom. The minimum Gasteiger partial charge on any atom is -0.342 e. The molecule has 10 heteroatoms. The van der Waals surface area contributed by atoms with E-state index in [-0.39, 0.29) is 28.7 Å². The molecule has 0 saturated carbocycles. The summed E-state index contributed by atoms with van der Waals surface area (Å²) in [4.78, 5) is 15.1. The van der Waals surface area contributed by atoms with Crippen LogP contribution >= 0.6 is 0 Å². The molecule has 35 heavy (non-hydrogen) atoms. The van der Waals surface area contributed by atoms with Crippen molar-refractivity contribution < 1.29 is 31.5 Å². The van der Waals surface area contributed by atoms with Crippen LogP contribution in [0.25, 0.3) is 0 Å². The highest BCUT2D eigenvalue weighted by Crippen LogP contribution is 2.42. The number of ketones is 1. The van der Waals surface area contributed by atoms with Gasteiger partial charge in [0.2, 0.25) is 15.8 Å². The monoisotopic (exact) mass is 506 g/mol. The van der Waals surface area contributed by atoms with Gasteiger partial charge in [0.15, 0.2) is 5.78 Å². The van der Waals surface area contributed by atoms with Gasteiger partial charge in [0.05, 0.1) is 30.2 Å². The summed E-state index contributed by atoms with van der Waals surface area (Å²) in [5, 5.41) is 0. The molecular weight excluding hydrogens is 478 g/mol. The van der Waals surface area contributed by atoms with E-state index in [1.165, 1.54) is 10.4 Å². The second-order valence-corrected chi connectivity index (χ2v) is 11.1. The van der Waals surface area contributed by atoms with Crippen molar-refractivity contribution in [3.8, 4) is 0 Å². The fourth-order valence-electron chi connectivity index (χ4n) is 5.25. The lowest BCUT2D eigenvalue weighted by molar-refractivity contribution is -0.176. The van der Waals surface area contributed by atoms with Crippen LogP contribution in [0.3, 0.4) is 0 Å². The van der Waals surface area contributed by atoms with Crippen molar-refractivity contribution in [2.24, 2.45) is 5.92 Å². The number of hydrogen-bond acceptors (Lipinski definition) is 6. The van der Waals surface area contributed by atoms with Crippen LogP contribution in [0.1, 0.15) is 35.2 Å². The van der Waals surface area contributed by atoms with E-state index in [1.54, 1.807) is 24.3 Å². The topological polar surface area (TPSA) is 76.2 Å². The molecule has 0 unspecified atom stereocenters. The van der Waals surface area contributed by atoms with E-state index in [2.05, 4.69) is 4.90 Å². The highest BCUT2D eigenvalue weighted by atomic mass is 32.2. The van der Waals surface area contributed by atoms with Gasteiger partial charge >= 0.3 is 0 Å². The largest absolute Gasteiger partial charge is 0.342 e. The number of carbonyl (C=O) groups is 1. The summed E-state index contributed by atoms with van der Waals surface area (Å²) in [6, 6.07) is 9.88. The van der Waals surface area contributed by atoms with Gasteiger partial charge in [0, 0.05) is 24.1 Å². The molecule has 7 nitrogen and oxygen atoms in total. The van der Waals surface area contributed by atoms with Gasteiger partial charge in [0.25, 0.3) is 0 Å². The number of fused-ring (bicyclic) bond motifs is 2. The first-order valence-electron chi connectivity index (χ1n) is 11.9. The summed E-state index contributed by atoms with van der Waals surface area (Å²) in [6.07, 6.45) is 1.77. The Morgan fingerprint density at radius 2 is 1.74 bits per heavy atom. The Labute approximate surface area is 203 Å². The van der Waals surface area contributed by atoms with Crippen LogP contribution in [-0.2, 0) is 25.3 Å². The number of carbonyl (C=O) groups excluding carboxylic acids is 1. The molecule has 0 N–H and O–H groups in total. The van der Waals surface area contributed by atoms with E-state index in [4.69, 9.17) is 9.47 Å². The zero-order valence-electron chi connectivity index (χ0n) is 19.3. The third kappa shape index (κ3) is 4.65. The van der Waals surface area contributed by atoms with Crippen molar-refractivity contribution in [1.29, 1.82) is 0 Å². The lowest BCUT2D eigenvalue weighted by Crippen LogP contribution is -2.50. The average molecular weight is 507 g/mol. The Morgan fingerprint density at radius 1 is 1.03 bits per heavy atom. The highest BCUT2D eigenvalue weighted by Gasteiger charge is 2.50. The van der Waals surface area contributed by atoms with E-state index < -0.39 is 27.4 Å². The SMILES string of the molecule is O=C(c1ccc(F)cc1F)C1CCN(CCCN2CC3(OCCO3)c3ccccc3S2(=O)=O)CC1. The van der Waals surface area contributed by atoms with Crippen molar-refractivity contribution in [2.45, 2.75) is 29.9 Å². The number of likely N-dealkylation sites (tertiary alicyclic amines) is 1. The van der Waals surface area contributed by atoms with Crippen LogP contribution in [0.4, 0.5) is 8.78 Å². The van der Waals surface area contributed by atoms with Crippen molar-refractivity contribution in [1.82, 2.24) is 9.21 Å². The standard InChI is InChI=1S/C25H28F2N2O5S/c26-19-6-7-20(22(27)16-19)24(30)18-8-12-28(13-9-18)10-3-11-29-17-25(33-14-15-34-25)21-4-1-2-5-23(21)35(29,31)32/h1-2,4-7,16,18H,3,8-15,17H2. The van der Waals surface area contributed by atoms with Crippen molar-refractivity contribution in [2.75, 3.05) is 45.9 Å². The van der Waals surface area contributed by atoms with Crippen molar-refractivity contribution >= 4 is 15.8 Å². The molecule has 0 amide bonds. The Balaban J connectivity index is 1.17. The lowest BCUT2D eigenvalue weighted by atomic mass is 9.88. The van der Waals surface area contributed by atoms with E-state index >= 15 is 0 Å². The predicted molar refractivity (Wildman–Crippen MR) is 123 cm³/mol. The Hall–Kier alpha value is -2.24. The Bertz CT molecular complexity index is 1210. The summed E-state index contributed by atoms with van der Waals surface area (Å²) >= 11 is 0. The van der Waals surface area contributed by atoms with E-state index in [9.17, 15) is 22.0 Å². The summed E-state index contributed by atoms with van der Waals surface area (Å²) in [7, 11) is -3.66.